The number of amides is 11. The molecule has 0 bridgehead atoms. The van der Waals surface area contributed by atoms with E-state index in [0.717, 1.165) is 10.5 Å². The highest BCUT2D eigenvalue weighted by atomic mass is 35.5. The third-order valence-electron chi connectivity index (χ3n) is 18.8. The number of ketones is 1. The van der Waals surface area contributed by atoms with Crippen molar-refractivity contribution in [2.24, 2.45) is 47.3 Å². The minimum atomic E-state index is -1.64. The first kappa shape index (κ1) is 86.7. The number of hydrogen-bond acceptors (Lipinski definition) is 14. The summed E-state index contributed by atoms with van der Waals surface area (Å²) in [7, 11) is 8.66. The molecule has 7 N–H and O–H groups in total. The standard InChI is InChI=1S/C74H119ClN12O13/c1-22-47(12)64-69(95)77-40-61(90)82(16)41-54(36-52-29-26-30-55(75)37-52)65(91)81-63(50(15)88)74(100)86(20)58(33-44(6)7)67(93)79-56(31-42(2)3)66(92)78-48(13)70(96)83(17)49(14)71(97)84(18)57(32-43(4)5)60(89)39-76-38-53(35-51-27-24-23-25-28-51)72(98)85(19)59(34-45(8)9)68(94)80-62(46(10)11)73(99)87(64)21/h23-30,37,42-50,53-54,56-59,62-64,76,88H,22,31-36,38-41H2,1-21H3,(H,77,95)(H,78,92)(H,79,93)(H,80,94)(H,81,91)/t47-,48-,49+,50+,53+,54+,56-,57-,58-,59-,62-,63-,64-/m0/s1. The van der Waals surface area contributed by atoms with Gasteiger partial charge in [-0.1, -0.05) is 144 Å². The Labute approximate surface area is 599 Å². The fourth-order valence-electron chi connectivity index (χ4n) is 12.5. The summed E-state index contributed by atoms with van der Waals surface area (Å²) < 4.78 is 0. The second-order valence-electron chi connectivity index (χ2n) is 29.6. The number of halogens is 1. The van der Waals surface area contributed by atoms with Crippen LogP contribution in [0.15, 0.2) is 54.6 Å². The summed E-state index contributed by atoms with van der Waals surface area (Å²) in [4.78, 5) is 183. The lowest BCUT2D eigenvalue weighted by Crippen LogP contribution is -2.61. The maximum atomic E-state index is 15.0. The number of likely N-dealkylation sites (N-methyl/N-ethyl adjacent to an activating group) is 6. The molecule has 1 aliphatic heterocycles. The number of nitrogens with one attached hydrogen (secondary N) is 6. The molecule has 1 aliphatic rings. The highest BCUT2D eigenvalue weighted by Crippen LogP contribution is 2.24. The molecule has 2 aromatic rings. The van der Waals surface area contributed by atoms with E-state index in [1.54, 1.807) is 45.0 Å². The maximum absolute atomic E-state index is 15.0. The number of nitrogens with zero attached hydrogens (tertiary/aromatic N) is 6. The Hall–Kier alpha value is -7.51. The van der Waals surface area contributed by atoms with Crippen LogP contribution in [-0.2, 0) is 70.4 Å². The second-order valence-corrected chi connectivity index (χ2v) is 30.0. The number of carbonyl (C=O) groups excluding carboxylic acids is 12. The van der Waals surface area contributed by atoms with Crippen LogP contribution in [0.4, 0.5) is 0 Å². The van der Waals surface area contributed by atoms with E-state index >= 15 is 4.79 Å². The van der Waals surface area contributed by atoms with Crippen molar-refractivity contribution < 1.29 is 62.6 Å². The van der Waals surface area contributed by atoms with Gasteiger partial charge in [-0.3, -0.25) is 57.5 Å². The summed E-state index contributed by atoms with van der Waals surface area (Å²) in [5.74, 6) is -11.1. The second kappa shape index (κ2) is 40.8. The molecular formula is C74H119ClN12O13. The van der Waals surface area contributed by atoms with Crippen molar-refractivity contribution in [3.63, 3.8) is 0 Å². The first-order chi connectivity index (χ1) is 46.6. The van der Waals surface area contributed by atoms with Crippen LogP contribution in [0.3, 0.4) is 0 Å². The molecule has 0 saturated carbocycles. The first-order valence-electron chi connectivity index (χ1n) is 35.4. The Kier molecular flexibility index (Phi) is 35.4. The van der Waals surface area contributed by atoms with Crippen LogP contribution in [0, 0.1) is 47.3 Å². The zero-order valence-electron chi connectivity index (χ0n) is 63.3. The summed E-state index contributed by atoms with van der Waals surface area (Å²) in [6, 6.07) is 5.01. The van der Waals surface area contributed by atoms with E-state index in [4.69, 9.17) is 11.6 Å². The predicted molar refractivity (Wildman–Crippen MR) is 386 cm³/mol. The zero-order chi connectivity index (χ0) is 75.9. The molecule has 1 heterocycles. The average Bonchev–Trinajstić information content (AvgIpc) is 0.831. The highest BCUT2D eigenvalue weighted by Gasteiger charge is 2.42. The number of aliphatic hydroxyl groups is 1. The SMILES string of the molecule is CC[C@H](C)[C@H]1C(=O)NCC(=O)N(C)C[C@@H](Cc2cccc(Cl)c2)C(=O)N[C@@H]([C@@H](C)O)C(=O)N(C)[C@@H](CC(C)C)C(=O)N[C@@H](CC(C)C)C(=O)N[C@@H](C)C(=O)N(C)[C@H](C)C(=O)N(C)[C@@H](CC(C)C)C(=O)CNC[C@@H](Cc2ccccc2)C(=O)N(C)[C@@H](CC(C)C)C(=O)N[C@@H](C(C)C)C(=O)N1C. The fraction of sp³-hybridized carbons (Fsp3) is 0.676. The van der Waals surface area contributed by atoms with Gasteiger partial charge in [0.15, 0.2) is 5.78 Å². The monoisotopic (exact) mass is 1420 g/mol. The molecule has 26 heteroatoms. The van der Waals surface area contributed by atoms with Crippen molar-refractivity contribution in [2.45, 2.75) is 209 Å². The van der Waals surface area contributed by atoms with Gasteiger partial charge in [-0.2, -0.15) is 0 Å². The molecule has 25 nitrogen and oxygen atoms in total. The summed E-state index contributed by atoms with van der Waals surface area (Å²) in [6.07, 6.45) is -0.319. The van der Waals surface area contributed by atoms with Gasteiger partial charge in [0.05, 0.1) is 37.1 Å². The van der Waals surface area contributed by atoms with E-state index in [0.29, 0.717) is 17.0 Å². The largest absolute Gasteiger partial charge is 0.391 e. The van der Waals surface area contributed by atoms with E-state index in [2.05, 4.69) is 31.9 Å². The number of Topliss-reactive ketones (excluding diaryl/α,β-unsaturated/α-hetero) is 1. The van der Waals surface area contributed by atoms with Crippen molar-refractivity contribution in [1.82, 2.24) is 61.3 Å². The lowest BCUT2D eigenvalue weighted by atomic mass is 9.93. The predicted octanol–water partition coefficient (Wildman–Crippen LogP) is 4.49. The Morgan fingerprint density at radius 2 is 1.00 bits per heavy atom. The Balaban J connectivity index is 2.25. The highest BCUT2D eigenvalue weighted by molar-refractivity contribution is 6.30. The quantitative estimate of drug-likeness (QED) is 0.122. The molecule has 0 aromatic heterocycles. The van der Waals surface area contributed by atoms with Gasteiger partial charge < -0.3 is 66.4 Å². The van der Waals surface area contributed by atoms with Gasteiger partial charge in [0.25, 0.3) is 0 Å². The molecule has 11 amide bonds. The lowest BCUT2D eigenvalue weighted by Gasteiger charge is -2.37. The van der Waals surface area contributed by atoms with Crippen LogP contribution in [0.2, 0.25) is 5.02 Å². The van der Waals surface area contributed by atoms with Crippen LogP contribution in [-0.4, -0.2) is 234 Å². The first-order valence-corrected chi connectivity index (χ1v) is 35.8. The van der Waals surface area contributed by atoms with Gasteiger partial charge in [-0.15, -0.1) is 0 Å². The van der Waals surface area contributed by atoms with Gasteiger partial charge in [-0.05, 0) is 118 Å². The van der Waals surface area contributed by atoms with Crippen molar-refractivity contribution in [2.75, 3.05) is 68.5 Å². The number of rotatable bonds is 16. The molecule has 0 radical (unpaired) electrons. The molecule has 13 atom stereocenters. The normalized spacial score (nSPS) is 25.8. The van der Waals surface area contributed by atoms with Crippen LogP contribution < -0.4 is 31.9 Å². The average molecular weight is 1420 g/mol. The van der Waals surface area contributed by atoms with E-state index in [1.165, 1.54) is 87.6 Å². The lowest BCUT2D eigenvalue weighted by molar-refractivity contribution is -0.148. The topological polar surface area (TPSA) is 317 Å². The van der Waals surface area contributed by atoms with E-state index in [9.17, 15) is 57.8 Å². The van der Waals surface area contributed by atoms with E-state index in [1.807, 2.05) is 92.6 Å². The number of carbonyl (C=O) groups is 12. The number of aliphatic hydroxyl groups excluding tert-OH is 1. The molecule has 0 unspecified atom stereocenters. The minimum Gasteiger partial charge on any atom is -0.391 e. The van der Waals surface area contributed by atoms with Crippen LogP contribution in [0.25, 0.3) is 0 Å². The smallest absolute Gasteiger partial charge is 0.248 e. The molecule has 100 heavy (non-hydrogen) atoms. The molecule has 1 fully saturated rings. The molecule has 0 aliphatic carbocycles. The van der Waals surface area contributed by atoms with Crippen molar-refractivity contribution in [1.29, 1.82) is 0 Å². The number of hydrogen-bond donors (Lipinski definition) is 7. The molecule has 0 spiro atoms. The fourth-order valence-corrected chi connectivity index (χ4v) is 12.7. The Bertz CT molecular complexity index is 3090. The van der Waals surface area contributed by atoms with Crippen LogP contribution in [0.5, 0.6) is 0 Å². The van der Waals surface area contributed by atoms with E-state index in [-0.39, 0.29) is 87.6 Å². The zero-order valence-corrected chi connectivity index (χ0v) is 64.0. The molecule has 1 saturated heterocycles. The molecular weight excluding hydrogens is 1300 g/mol. The van der Waals surface area contributed by atoms with Gasteiger partial charge in [0, 0.05) is 60.4 Å². The summed E-state index contributed by atoms with van der Waals surface area (Å²) in [5, 5.41) is 28.7. The third kappa shape index (κ3) is 25.8. The van der Waals surface area contributed by atoms with Crippen LogP contribution in [0.1, 0.15) is 147 Å². The van der Waals surface area contributed by atoms with Crippen molar-refractivity contribution >= 4 is 82.4 Å². The molecule has 2 aromatic carbocycles. The minimum absolute atomic E-state index is 0.0196. The molecule has 560 valence electrons. The van der Waals surface area contributed by atoms with Gasteiger partial charge in [0.2, 0.25) is 65.0 Å². The van der Waals surface area contributed by atoms with Gasteiger partial charge in [-0.25, -0.2) is 0 Å². The van der Waals surface area contributed by atoms with Gasteiger partial charge in [0.1, 0.15) is 48.3 Å². The maximum Gasteiger partial charge on any atom is 0.248 e. The summed E-state index contributed by atoms with van der Waals surface area (Å²) >= 11 is 6.41. The van der Waals surface area contributed by atoms with Gasteiger partial charge >= 0.3 is 0 Å². The number of benzene rings is 2. The van der Waals surface area contributed by atoms with Crippen molar-refractivity contribution in [3.05, 3.63) is 70.7 Å². The van der Waals surface area contributed by atoms with Crippen LogP contribution >= 0.6 is 11.6 Å². The molecule has 3 rings (SSSR count). The summed E-state index contributed by atoms with van der Waals surface area (Å²) in [6.45, 7) is 25.2. The Morgan fingerprint density at radius 3 is 1.53 bits per heavy atom. The van der Waals surface area contributed by atoms with Crippen molar-refractivity contribution in [3.8, 4) is 0 Å². The van der Waals surface area contributed by atoms with E-state index < -0.39 is 156 Å². The summed E-state index contributed by atoms with van der Waals surface area (Å²) in [5.41, 5.74) is 1.40. The third-order valence-corrected chi connectivity index (χ3v) is 19.0. The Morgan fingerprint density at radius 1 is 0.500 bits per heavy atom.